The molecule has 348 valence electrons. The van der Waals surface area contributed by atoms with Gasteiger partial charge in [0.1, 0.15) is 21.5 Å². The fourth-order valence-corrected chi connectivity index (χ4v) is 9.31. The number of hydrogen-bond acceptors (Lipinski definition) is 27. The molecule has 0 atom stereocenters. The third-order valence-corrected chi connectivity index (χ3v) is 13.9. The quantitative estimate of drug-likeness (QED) is 0.00667. The Labute approximate surface area is 489 Å². The van der Waals surface area contributed by atoms with Gasteiger partial charge in [-0.1, -0.05) is 0 Å². The van der Waals surface area contributed by atoms with Crippen LogP contribution < -0.4 is 140 Å². The van der Waals surface area contributed by atoms with Gasteiger partial charge in [0.05, 0.1) is 78.8 Å². The van der Waals surface area contributed by atoms with Crippen LogP contribution in [0.1, 0.15) is 10.4 Å². The maximum Gasteiger partial charge on any atom is 1.00 e. The Hall–Kier alpha value is -1.27. The second kappa shape index (κ2) is 29.6. The first-order valence-corrected chi connectivity index (χ1v) is 24.6. The van der Waals surface area contributed by atoms with Crippen molar-refractivity contribution in [2.24, 2.45) is 20.5 Å². The van der Waals surface area contributed by atoms with Crippen molar-refractivity contribution in [1.82, 2.24) is 0 Å². The fourth-order valence-electron chi connectivity index (χ4n) is 5.27. The number of amides is 1. The van der Waals surface area contributed by atoms with E-state index in [0.29, 0.717) is 0 Å². The molecular formula is C33H26N6Na4O20S6. The Morgan fingerprint density at radius 3 is 1.71 bits per heavy atom. The number of rotatable bonds is 22. The monoisotopic (exact) mass is 1110 g/mol. The molecule has 0 heterocycles. The van der Waals surface area contributed by atoms with Crippen molar-refractivity contribution in [1.29, 1.82) is 0 Å². The maximum absolute atomic E-state index is 12.9. The topological polar surface area (TPSA) is 409 Å². The van der Waals surface area contributed by atoms with Crippen LogP contribution in [-0.2, 0) is 67.3 Å². The zero-order valence-electron chi connectivity index (χ0n) is 35.9. The Morgan fingerprint density at radius 1 is 0.681 bits per heavy atom. The van der Waals surface area contributed by atoms with Gasteiger partial charge >= 0.3 is 118 Å². The van der Waals surface area contributed by atoms with E-state index < -0.39 is 91.9 Å². The molecule has 0 bridgehead atoms. The van der Waals surface area contributed by atoms with Crippen LogP contribution in [0.3, 0.4) is 0 Å². The smallest absolute Gasteiger partial charge is 0.744 e. The number of fused-ring (bicyclic) bond motifs is 1. The molecule has 36 heteroatoms. The van der Waals surface area contributed by atoms with Crippen LogP contribution in [0, 0.1) is 0 Å². The van der Waals surface area contributed by atoms with Gasteiger partial charge in [0.2, 0.25) is 10.4 Å². The second-order valence-electron chi connectivity index (χ2n) is 12.3. The minimum absolute atomic E-state index is 0. The van der Waals surface area contributed by atoms with Crippen molar-refractivity contribution in [2.45, 2.75) is 19.6 Å². The molecular weight excluding hydrogens is 1080 g/mol. The molecule has 26 nitrogen and oxygen atoms in total. The summed E-state index contributed by atoms with van der Waals surface area (Å²) in [5.74, 6) is -2.73. The number of nitrogen functional groups attached to an aromatic ring is 1. The standard InChI is InChI=1S/C33H30N6O20S6.4Na/c34-29-28-20(18-27(64(48,49)50)31(29)39-37-23-7-11-25(12-8-23)63(46,47)16-14-55-65(51,52)53)17-26(60-58-56-42)30(32(28)40)38-36-22-3-1-19(2-4-22)33(41)35-21-5-9-24(10-6-21)62(44,45)15-13-54-61-59-57-43;;;;/h1-12,17-18,40,42-43H,13-16,34H2,(H,35,41)(H,48,49,50)(H,51,52,53);;;;/q;4*+1/p-4. The van der Waals surface area contributed by atoms with Gasteiger partial charge in [0.15, 0.2) is 37.7 Å². The molecule has 0 aliphatic carbocycles. The number of aromatic hydroxyl groups is 1. The predicted octanol–water partition coefficient (Wildman–Crippen LogP) is -8.81. The Balaban J connectivity index is 0.00000595. The molecule has 4 N–H and O–H groups in total. The van der Waals surface area contributed by atoms with E-state index in [1.165, 1.54) is 48.5 Å². The van der Waals surface area contributed by atoms with E-state index in [0.717, 1.165) is 36.4 Å². The largest absolute Gasteiger partial charge is 1.00 e. The molecule has 0 radical (unpaired) electrons. The molecule has 0 saturated carbocycles. The average molecular weight is 1110 g/mol. The number of carbonyl (C=O) groups is 1. The van der Waals surface area contributed by atoms with Crippen molar-refractivity contribution in [3.63, 3.8) is 0 Å². The molecule has 1 amide bonds. The third-order valence-electron chi connectivity index (χ3n) is 8.18. The number of benzene rings is 5. The summed E-state index contributed by atoms with van der Waals surface area (Å²) in [5, 5.41) is 56.1. The van der Waals surface area contributed by atoms with Gasteiger partial charge in [-0.3, -0.25) is 23.2 Å². The van der Waals surface area contributed by atoms with Crippen LogP contribution >= 0.6 is 24.4 Å². The van der Waals surface area contributed by atoms with E-state index in [-0.39, 0.29) is 197 Å². The number of anilines is 2. The molecule has 0 aromatic heterocycles. The number of hydrogen-bond donors (Lipinski definition) is 3. The van der Waals surface area contributed by atoms with Gasteiger partial charge < -0.3 is 35.8 Å². The van der Waals surface area contributed by atoms with E-state index >= 15 is 0 Å². The minimum Gasteiger partial charge on any atom is -0.744 e. The number of phenols is 1. The maximum atomic E-state index is 12.9. The molecule has 0 spiro atoms. The van der Waals surface area contributed by atoms with E-state index in [4.69, 9.17) is 9.92 Å². The van der Waals surface area contributed by atoms with Crippen LogP contribution in [0.5, 0.6) is 5.75 Å². The summed E-state index contributed by atoms with van der Waals surface area (Å²) in [6.07, 6.45) is 0. The van der Waals surface area contributed by atoms with E-state index in [2.05, 4.69) is 48.7 Å². The SMILES string of the molecule is Nc1c(N=Nc2ccc(S(=O)(=O)CCOS(=O)(=O)[O-])cc2)c(S(=O)(=O)[O-])cc2cc(SOO[O-])c(N=Nc3ccc(C(=O)Nc4ccc(S(=O)(=O)CCOSOO[O-])cc4)cc3)c(O)c12.[Na+].[Na+].[Na+].[Na+]. The van der Waals surface area contributed by atoms with Crippen LogP contribution in [0.4, 0.5) is 34.1 Å². The predicted molar refractivity (Wildman–Crippen MR) is 217 cm³/mol. The van der Waals surface area contributed by atoms with Gasteiger partial charge in [-0.15, -0.1) is 14.6 Å². The molecule has 0 aliphatic rings. The minimum atomic E-state index is -5.38. The Kier molecular flexibility index (Phi) is 28.2. The molecule has 0 unspecified atom stereocenters. The first-order chi connectivity index (χ1) is 30.6. The van der Waals surface area contributed by atoms with Gasteiger partial charge in [0, 0.05) is 11.3 Å². The van der Waals surface area contributed by atoms with E-state index in [1.54, 1.807) is 0 Å². The van der Waals surface area contributed by atoms with Gasteiger partial charge in [-0.2, -0.15) is 14.6 Å². The number of azo groups is 2. The zero-order valence-corrected chi connectivity index (χ0v) is 48.8. The molecule has 5 aromatic carbocycles. The van der Waals surface area contributed by atoms with Crippen molar-refractivity contribution in [2.75, 3.05) is 35.8 Å². The average Bonchev–Trinajstić information content (AvgIpc) is 3.24. The van der Waals surface area contributed by atoms with Crippen molar-refractivity contribution >= 4 is 115 Å². The molecule has 0 fully saturated rings. The fraction of sp³-hybridized carbons (Fsp3) is 0.121. The molecule has 0 aliphatic heterocycles. The van der Waals surface area contributed by atoms with Crippen molar-refractivity contribution in [3.05, 3.63) is 90.5 Å². The summed E-state index contributed by atoms with van der Waals surface area (Å²) in [7, 11) is -18.5. The van der Waals surface area contributed by atoms with E-state index in [1.807, 2.05) is 0 Å². The summed E-state index contributed by atoms with van der Waals surface area (Å²) in [6, 6.07) is 16.7. The molecule has 5 rings (SSSR count). The summed E-state index contributed by atoms with van der Waals surface area (Å²) < 4.78 is 136. The number of phenolic OH excluding ortho intramolecular Hbond substituents is 1. The van der Waals surface area contributed by atoms with Crippen LogP contribution in [0.2, 0.25) is 0 Å². The van der Waals surface area contributed by atoms with Gasteiger partial charge in [0.25, 0.3) is 5.91 Å². The van der Waals surface area contributed by atoms with E-state index in [9.17, 15) is 63.2 Å². The van der Waals surface area contributed by atoms with Gasteiger partial charge in [-0.25, -0.2) is 33.7 Å². The van der Waals surface area contributed by atoms with Crippen molar-refractivity contribution in [3.8, 4) is 5.75 Å². The zero-order chi connectivity index (χ0) is 47.6. The number of nitrogens with two attached hydrogens (primary N) is 1. The Morgan fingerprint density at radius 2 is 1.19 bits per heavy atom. The summed E-state index contributed by atoms with van der Waals surface area (Å²) in [6.45, 7) is -1.28. The summed E-state index contributed by atoms with van der Waals surface area (Å²) in [4.78, 5) is 11.3. The summed E-state index contributed by atoms with van der Waals surface area (Å²) in [5.41, 5.74) is 4.83. The molecule has 0 saturated heterocycles. The first-order valence-electron chi connectivity index (χ1n) is 17.1. The first kappa shape index (κ1) is 65.7. The normalized spacial score (nSPS) is 11.9. The summed E-state index contributed by atoms with van der Waals surface area (Å²) >= 11 is 0.367. The molecule has 5 aromatic rings. The third kappa shape index (κ3) is 19.2. The number of sulfone groups is 2. The van der Waals surface area contributed by atoms with Crippen molar-refractivity contribution < 1.29 is 209 Å². The van der Waals surface area contributed by atoms with Crippen LogP contribution in [-0.4, -0.2) is 78.5 Å². The number of carbonyl (C=O) groups excluding carboxylic acids is 1. The molecule has 69 heavy (non-hydrogen) atoms. The van der Waals surface area contributed by atoms with Gasteiger partial charge in [-0.05, 0) is 90.3 Å². The van der Waals surface area contributed by atoms with Crippen LogP contribution in [0.15, 0.2) is 125 Å². The second-order valence-corrected chi connectivity index (χ2v) is 20.2. The Bertz CT molecular complexity index is 3070. The van der Waals surface area contributed by atoms with Crippen LogP contribution in [0.25, 0.3) is 10.8 Å². The number of nitrogens with zero attached hydrogens (tertiary/aromatic N) is 4. The number of nitrogens with one attached hydrogen (secondary N) is 1.